The number of hydrogen-bond donors (Lipinski definition) is 0. The van der Waals surface area contributed by atoms with E-state index in [1.165, 1.54) is 27.5 Å². The molecule has 0 fully saturated rings. The van der Waals surface area contributed by atoms with Crippen LogP contribution in [-0.4, -0.2) is 4.98 Å². The van der Waals surface area contributed by atoms with Crippen LogP contribution in [0, 0.1) is 0 Å². The van der Waals surface area contributed by atoms with Crippen LogP contribution in [0.1, 0.15) is 0 Å². The van der Waals surface area contributed by atoms with Gasteiger partial charge in [-0.05, 0) is 69.9 Å². The van der Waals surface area contributed by atoms with Gasteiger partial charge in [0.2, 0.25) is 0 Å². The summed E-state index contributed by atoms with van der Waals surface area (Å²) in [5.74, 6) is 0. The lowest BCUT2D eigenvalue weighted by Gasteiger charge is -2.29. The van der Waals surface area contributed by atoms with Gasteiger partial charge in [0.15, 0.2) is 5.58 Å². The van der Waals surface area contributed by atoms with Crippen LogP contribution in [0.5, 0.6) is 0 Å². The number of anilines is 3. The molecule has 0 amide bonds. The molecule has 2 heterocycles. The third kappa shape index (κ3) is 4.25. The number of para-hydroxylation sites is 1. The Kier molecular flexibility index (Phi) is 6.14. The molecule has 0 aliphatic rings. The minimum Gasteiger partial charge on any atom is -0.454 e. The van der Waals surface area contributed by atoms with Crippen molar-refractivity contribution in [3.05, 3.63) is 170 Å². The highest BCUT2D eigenvalue weighted by Crippen LogP contribution is 2.45. The van der Waals surface area contributed by atoms with E-state index < -0.39 is 0 Å². The largest absolute Gasteiger partial charge is 0.454 e. The van der Waals surface area contributed by atoms with Crippen molar-refractivity contribution in [3.8, 4) is 22.3 Å². The summed E-state index contributed by atoms with van der Waals surface area (Å²) in [5, 5.41) is 5.68. The highest BCUT2D eigenvalue weighted by molar-refractivity contribution is 6.17. The first-order valence-corrected chi connectivity index (χ1v) is 15.6. The number of aromatic nitrogens is 1. The molecule has 9 rings (SSSR count). The summed E-state index contributed by atoms with van der Waals surface area (Å²) in [6, 6.07) is 58.0. The van der Waals surface area contributed by atoms with Crippen molar-refractivity contribution in [2.45, 2.75) is 0 Å². The van der Waals surface area contributed by atoms with E-state index in [-0.39, 0.29) is 0 Å². The second-order valence-electron chi connectivity index (χ2n) is 11.6. The highest BCUT2D eigenvalue weighted by atomic mass is 16.3. The van der Waals surface area contributed by atoms with Gasteiger partial charge in [-0.3, -0.25) is 4.98 Å². The zero-order chi connectivity index (χ0) is 30.5. The van der Waals surface area contributed by atoms with Crippen molar-refractivity contribution in [1.82, 2.24) is 4.98 Å². The number of pyridine rings is 1. The van der Waals surface area contributed by atoms with Crippen LogP contribution >= 0.6 is 0 Å². The van der Waals surface area contributed by atoms with Crippen molar-refractivity contribution in [3.63, 3.8) is 0 Å². The molecule has 0 aliphatic carbocycles. The summed E-state index contributed by atoms with van der Waals surface area (Å²) in [6.45, 7) is 0. The minimum absolute atomic E-state index is 0.797. The third-order valence-electron chi connectivity index (χ3n) is 8.92. The fourth-order valence-corrected chi connectivity index (χ4v) is 6.80. The normalized spacial score (nSPS) is 11.5. The van der Waals surface area contributed by atoms with E-state index >= 15 is 0 Å². The number of benzene rings is 7. The summed E-state index contributed by atoms with van der Waals surface area (Å²) < 4.78 is 6.42. The fraction of sp³-hybridized carbons (Fsp3) is 0. The van der Waals surface area contributed by atoms with E-state index in [0.29, 0.717) is 0 Å². The van der Waals surface area contributed by atoms with Crippen molar-refractivity contribution in [2.24, 2.45) is 0 Å². The van der Waals surface area contributed by atoms with Crippen molar-refractivity contribution >= 4 is 60.7 Å². The van der Waals surface area contributed by atoms with Gasteiger partial charge in [-0.25, -0.2) is 0 Å². The Morgan fingerprint density at radius 2 is 1.11 bits per heavy atom. The molecule has 9 aromatic rings. The number of nitrogens with zero attached hydrogens (tertiary/aromatic N) is 2. The molecule has 0 bridgehead atoms. The van der Waals surface area contributed by atoms with Crippen molar-refractivity contribution in [2.75, 3.05) is 4.90 Å². The summed E-state index contributed by atoms with van der Waals surface area (Å²) in [5.41, 5.74) is 10.5. The lowest BCUT2D eigenvalue weighted by molar-refractivity contribution is 0.672. The van der Waals surface area contributed by atoms with Crippen LogP contribution in [0.15, 0.2) is 174 Å². The summed E-state index contributed by atoms with van der Waals surface area (Å²) in [6.07, 6.45) is 1.82. The highest BCUT2D eigenvalue weighted by Gasteiger charge is 2.21. The second kappa shape index (κ2) is 10.8. The maximum atomic E-state index is 6.42. The SMILES string of the molecule is c1ccc(-c2ccccc2N(c2ccc(-c3cccc4ccccc34)cc2)c2cccc3c2ccc2c4ncccc4oc32)cc1. The molecule has 0 atom stereocenters. The Hall–Kier alpha value is -6.19. The van der Waals surface area contributed by atoms with Crippen molar-refractivity contribution in [1.29, 1.82) is 0 Å². The molecule has 216 valence electrons. The van der Waals surface area contributed by atoms with Gasteiger partial charge in [-0.15, -0.1) is 0 Å². The van der Waals surface area contributed by atoms with Crippen molar-refractivity contribution < 1.29 is 4.42 Å². The Balaban J connectivity index is 1.27. The van der Waals surface area contributed by atoms with Crippen LogP contribution in [0.4, 0.5) is 17.1 Å². The Labute approximate surface area is 266 Å². The van der Waals surface area contributed by atoms with E-state index in [0.717, 1.165) is 55.5 Å². The zero-order valence-electron chi connectivity index (χ0n) is 25.0. The Bertz CT molecular complexity index is 2530. The first kappa shape index (κ1) is 26.2. The molecule has 3 nitrogen and oxygen atoms in total. The molecule has 0 saturated heterocycles. The molecule has 0 aliphatic heterocycles. The first-order chi connectivity index (χ1) is 22.8. The predicted molar refractivity (Wildman–Crippen MR) is 192 cm³/mol. The van der Waals surface area contributed by atoms with Crippen LogP contribution in [0.25, 0.3) is 65.9 Å². The fourth-order valence-electron chi connectivity index (χ4n) is 6.80. The smallest absolute Gasteiger partial charge is 0.153 e. The van der Waals surface area contributed by atoms with Gasteiger partial charge in [0, 0.05) is 33.6 Å². The van der Waals surface area contributed by atoms with E-state index in [1.54, 1.807) is 0 Å². The van der Waals surface area contributed by atoms with E-state index in [1.807, 2.05) is 18.3 Å². The summed E-state index contributed by atoms with van der Waals surface area (Å²) in [7, 11) is 0. The average Bonchev–Trinajstić information content (AvgIpc) is 3.52. The number of hydrogen-bond acceptors (Lipinski definition) is 3. The standard InChI is InChI=1S/C43H28N2O/c1-2-11-30(12-3-1)35-16-6-7-19-39(35)45(32-24-22-31(23-25-32)34-17-8-14-29-13-4-5-15-33(29)34)40-20-9-18-37-36(40)26-27-38-42-41(46-43(37)38)21-10-28-44-42/h1-28H. The molecule has 7 aromatic carbocycles. The van der Waals surface area contributed by atoms with E-state index in [4.69, 9.17) is 4.42 Å². The first-order valence-electron chi connectivity index (χ1n) is 15.6. The maximum Gasteiger partial charge on any atom is 0.153 e. The van der Waals surface area contributed by atoms with Crippen LogP contribution in [-0.2, 0) is 0 Å². The quantitative estimate of drug-likeness (QED) is 0.200. The molecule has 3 heteroatoms. The Morgan fingerprint density at radius 1 is 0.435 bits per heavy atom. The Morgan fingerprint density at radius 3 is 2.02 bits per heavy atom. The van der Waals surface area contributed by atoms with Gasteiger partial charge in [-0.1, -0.05) is 121 Å². The molecule has 46 heavy (non-hydrogen) atoms. The van der Waals surface area contributed by atoms with Gasteiger partial charge in [-0.2, -0.15) is 0 Å². The topological polar surface area (TPSA) is 29.3 Å². The minimum atomic E-state index is 0.797. The lowest BCUT2D eigenvalue weighted by Crippen LogP contribution is -2.11. The van der Waals surface area contributed by atoms with Gasteiger partial charge < -0.3 is 9.32 Å². The maximum absolute atomic E-state index is 6.42. The predicted octanol–water partition coefficient (Wildman–Crippen LogP) is 12.1. The van der Waals surface area contributed by atoms with Crippen LogP contribution in [0.3, 0.4) is 0 Å². The molecule has 0 radical (unpaired) electrons. The molecular weight excluding hydrogens is 560 g/mol. The number of fused-ring (bicyclic) bond motifs is 6. The molecule has 2 aromatic heterocycles. The van der Waals surface area contributed by atoms with E-state index in [2.05, 4.69) is 162 Å². The van der Waals surface area contributed by atoms with Gasteiger partial charge >= 0.3 is 0 Å². The second-order valence-corrected chi connectivity index (χ2v) is 11.6. The van der Waals surface area contributed by atoms with Gasteiger partial charge in [0.05, 0.1) is 11.4 Å². The number of rotatable bonds is 5. The molecule has 0 saturated carbocycles. The van der Waals surface area contributed by atoms with Gasteiger partial charge in [0.25, 0.3) is 0 Å². The van der Waals surface area contributed by atoms with Gasteiger partial charge in [0.1, 0.15) is 11.1 Å². The molecule has 0 unspecified atom stereocenters. The summed E-state index contributed by atoms with van der Waals surface area (Å²) >= 11 is 0. The van der Waals surface area contributed by atoms with Crippen LogP contribution in [0.2, 0.25) is 0 Å². The third-order valence-corrected chi connectivity index (χ3v) is 8.92. The number of furan rings is 1. The molecule has 0 N–H and O–H groups in total. The van der Waals surface area contributed by atoms with E-state index in [9.17, 15) is 0 Å². The summed E-state index contributed by atoms with van der Waals surface area (Å²) in [4.78, 5) is 7.00. The monoisotopic (exact) mass is 588 g/mol. The van der Waals surface area contributed by atoms with Crippen LogP contribution < -0.4 is 4.90 Å². The zero-order valence-corrected chi connectivity index (χ0v) is 25.0. The molecule has 0 spiro atoms. The average molecular weight is 589 g/mol. The molecular formula is C43H28N2O. The lowest BCUT2D eigenvalue weighted by atomic mass is 9.97.